The first-order valence-corrected chi connectivity index (χ1v) is 22.4. The molecule has 0 aromatic heterocycles. The Balaban J connectivity index is 0.942. The highest BCUT2D eigenvalue weighted by Gasteiger charge is 2.46. The van der Waals surface area contributed by atoms with Gasteiger partial charge in [0.05, 0.1) is 12.1 Å². The molecule has 0 spiro atoms. The SMILES string of the molecule is C1=CCC(C2C=C(C3C=CCCC3)CC(N3c4ccc(C5CC=CC6=C5N(C5=CC=C(C7CC=CCC7)CC5)C5C=CC=CC65)cc4C4C=CC=CC43)C2)C=C1. The minimum absolute atomic E-state index is 0.357. The number of fused-ring (bicyclic) bond motifs is 5. The van der Waals surface area contributed by atoms with Gasteiger partial charge in [-0.15, -0.1) is 0 Å². The van der Waals surface area contributed by atoms with E-state index in [0.717, 1.165) is 25.2 Å². The van der Waals surface area contributed by atoms with E-state index in [2.05, 4.69) is 156 Å². The summed E-state index contributed by atoms with van der Waals surface area (Å²) in [5, 5.41) is 0. The molecule has 2 heterocycles. The van der Waals surface area contributed by atoms with Crippen LogP contribution in [0.2, 0.25) is 0 Å². The Kier molecular flexibility index (Phi) is 9.13. The van der Waals surface area contributed by atoms with Crippen LogP contribution in [0, 0.1) is 29.6 Å². The van der Waals surface area contributed by atoms with Crippen molar-refractivity contribution in [1.29, 1.82) is 0 Å². The summed E-state index contributed by atoms with van der Waals surface area (Å²) >= 11 is 0. The predicted octanol–water partition coefficient (Wildman–Crippen LogP) is 13.0. The third-order valence-electron chi connectivity index (χ3n) is 15.2. The fourth-order valence-electron chi connectivity index (χ4n) is 12.5. The second-order valence-corrected chi connectivity index (χ2v) is 18.3. The summed E-state index contributed by atoms with van der Waals surface area (Å²) in [4.78, 5) is 5.70. The summed E-state index contributed by atoms with van der Waals surface area (Å²) in [6, 6.07) is 9.01. The molecule has 0 N–H and O–H groups in total. The van der Waals surface area contributed by atoms with Crippen molar-refractivity contribution < 1.29 is 0 Å². The molecule has 10 atom stereocenters. The van der Waals surface area contributed by atoms with E-state index in [4.69, 9.17) is 0 Å². The second-order valence-electron chi connectivity index (χ2n) is 18.3. The lowest BCUT2D eigenvalue weighted by molar-refractivity contribution is 0.332. The monoisotopic (exact) mass is 734 g/mol. The van der Waals surface area contributed by atoms with Crippen molar-refractivity contribution in [3.05, 3.63) is 185 Å². The minimum atomic E-state index is 0.357. The highest BCUT2D eigenvalue weighted by atomic mass is 15.2. The molecule has 1 aromatic rings. The summed E-state index contributed by atoms with van der Waals surface area (Å²) in [7, 11) is 0. The average molecular weight is 735 g/mol. The number of hydrogen-bond donors (Lipinski definition) is 0. The van der Waals surface area contributed by atoms with Gasteiger partial charge in [0.1, 0.15) is 0 Å². The van der Waals surface area contributed by atoms with E-state index >= 15 is 0 Å². The molecule has 2 heteroatoms. The van der Waals surface area contributed by atoms with Gasteiger partial charge in [-0.25, -0.2) is 0 Å². The summed E-state index contributed by atoms with van der Waals surface area (Å²) in [6.07, 6.45) is 65.7. The molecule has 10 unspecified atom stereocenters. The first-order valence-electron chi connectivity index (χ1n) is 22.4. The summed E-state index contributed by atoms with van der Waals surface area (Å²) in [5.41, 5.74) is 12.5. The van der Waals surface area contributed by atoms with Crippen LogP contribution in [0.3, 0.4) is 0 Å². The second kappa shape index (κ2) is 14.7. The molecule has 56 heavy (non-hydrogen) atoms. The van der Waals surface area contributed by atoms with Crippen LogP contribution in [0.1, 0.15) is 100 Å². The molecule has 0 fully saturated rings. The van der Waals surface area contributed by atoms with Crippen molar-refractivity contribution in [2.45, 2.75) is 107 Å². The lowest BCUT2D eigenvalue weighted by Crippen LogP contribution is -2.45. The van der Waals surface area contributed by atoms with E-state index in [1.165, 1.54) is 80.3 Å². The van der Waals surface area contributed by atoms with E-state index in [9.17, 15) is 0 Å². The fourth-order valence-corrected chi connectivity index (χ4v) is 12.5. The van der Waals surface area contributed by atoms with Crippen molar-refractivity contribution in [2.75, 3.05) is 4.90 Å². The highest BCUT2D eigenvalue weighted by Crippen LogP contribution is 2.54. The van der Waals surface area contributed by atoms with Gasteiger partial charge in [0.15, 0.2) is 0 Å². The summed E-state index contributed by atoms with van der Waals surface area (Å²) in [6.45, 7) is 0. The van der Waals surface area contributed by atoms with Crippen molar-refractivity contribution >= 4 is 5.69 Å². The van der Waals surface area contributed by atoms with E-state index in [-0.39, 0.29) is 0 Å². The molecule has 2 nitrogen and oxygen atoms in total. The van der Waals surface area contributed by atoms with Gasteiger partial charge < -0.3 is 9.80 Å². The molecule has 10 aliphatic rings. The largest absolute Gasteiger partial charge is 0.361 e. The molecule has 11 rings (SSSR count). The van der Waals surface area contributed by atoms with Gasteiger partial charge in [0.25, 0.3) is 0 Å². The quantitative estimate of drug-likeness (QED) is 0.269. The van der Waals surface area contributed by atoms with Crippen molar-refractivity contribution in [3.8, 4) is 0 Å². The van der Waals surface area contributed by atoms with Gasteiger partial charge in [-0.05, 0) is 130 Å². The lowest BCUT2D eigenvalue weighted by atomic mass is 9.72. The van der Waals surface area contributed by atoms with Gasteiger partial charge in [-0.2, -0.15) is 0 Å². The maximum atomic E-state index is 2.90. The number of rotatable bonds is 6. The molecule has 0 bridgehead atoms. The van der Waals surface area contributed by atoms with E-state index < -0.39 is 0 Å². The van der Waals surface area contributed by atoms with Gasteiger partial charge in [-0.3, -0.25) is 0 Å². The fraction of sp³-hybridized carbons (Fsp3) is 0.407. The van der Waals surface area contributed by atoms with Gasteiger partial charge in [0, 0.05) is 40.9 Å². The number of allylic oxidation sites excluding steroid dienone is 20. The molecule has 0 saturated heterocycles. The van der Waals surface area contributed by atoms with Gasteiger partial charge in [0.2, 0.25) is 0 Å². The Morgan fingerprint density at radius 3 is 2.36 bits per heavy atom. The molecule has 0 amide bonds. The number of anilines is 1. The molecule has 284 valence electrons. The van der Waals surface area contributed by atoms with Crippen LogP contribution in [0.25, 0.3) is 0 Å². The maximum absolute atomic E-state index is 2.90. The number of hydrogen-bond acceptors (Lipinski definition) is 2. The van der Waals surface area contributed by atoms with E-state index in [1.807, 2.05) is 0 Å². The van der Waals surface area contributed by atoms with Crippen LogP contribution < -0.4 is 4.90 Å². The molecule has 2 aliphatic heterocycles. The zero-order valence-corrected chi connectivity index (χ0v) is 33.0. The highest BCUT2D eigenvalue weighted by molar-refractivity contribution is 5.68. The molecular formula is C54H58N2. The molecule has 0 saturated carbocycles. The van der Waals surface area contributed by atoms with Crippen LogP contribution in [-0.2, 0) is 0 Å². The standard InChI is InChI=1S/C54H58N2/c1-4-15-37(16-5-1)40-27-30-44(31-28-40)56-52-26-13-10-21-47(52)49-24-14-23-46(54(49)56)41-29-32-53-50(36-41)48-22-11-12-25-51(48)55(53)45-34-42(38-17-6-2-7-18-38)33-43(35-45)39-19-8-3-9-20-39/h1-2,4,6-8,10-14,17,19,21-22,24-27,29-30,32-33,36-39,42,45-48,51-52H,3,5,9,15-16,18,20,23,28,31,34-35H2. The zero-order valence-electron chi connectivity index (χ0n) is 33.0. The van der Waals surface area contributed by atoms with Crippen molar-refractivity contribution in [1.82, 2.24) is 4.90 Å². The topological polar surface area (TPSA) is 6.48 Å². The zero-order chi connectivity index (χ0) is 37.0. The summed E-state index contributed by atoms with van der Waals surface area (Å²) in [5.74, 6) is 3.69. The van der Waals surface area contributed by atoms with Gasteiger partial charge >= 0.3 is 0 Å². The Hall–Kier alpha value is -4.56. The van der Waals surface area contributed by atoms with E-state index in [1.54, 1.807) is 22.4 Å². The maximum Gasteiger partial charge on any atom is 0.0623 e. The third kappa shape index (κ3) is 6.05. The Morgan fingerprint density at radius 2 is 1.54 bits per heavy atom. The van der Waals surface area contributed by atoms with Crippen molar-refractivity contribution in [3.63, 3.8) is 0 Å². The number of benzene rings is 1. The molecule has 0 radical (unpaired) electrons. The summed E-state index contributed by atoms with van der Waals surface area (Å²) < 4.78 is 0. The number of nitrogens with zero attached hydrogens (tertiary/aromatic N) is 2. The van der Waals surface area contributed by atoms with Crippen LogP contribution in [0.5, 0.6) is 0 Å². The normalized spacial score (nSPS) is 36.3. The van der Waals surface area contributed by atoms with Crippen LogP contribution in [0.15, 0.2) is 174 Å². The van der Waals surface area contributed by atoms with E-state index in [0.29, 0.717) is 53.6 Å². The molecule has 1 aromatic carbocycles. The lowest BCUT2D eigenvalue weighted by Gasteiger charge is -2.43. The van der Waals surface area contributed by atoms with Crippen LogP contribution >= 0.6 is 0 Å². The third-order valence-corrected chi connectivity index (χ3v) is 15.2. The predicted molar refractivity (Wildman–Crippen MR) is 234 cm³/mol. The Labute approximate surface area is 335 Å². The Morgan fingerprint density at radius 1 is 0.643 bits per heavy atom. The van der Waals surface area contributed by atoms with Crippen LogP contribution in [0.4, 0.5) is 5.69 Å². The smallest absolute Gasteiger partial charge is 0.0623 e. The average Bonchev–Trinajstić information content (AvgIpc) is 3.80. The molecular weight excluding hydrogens is 677 g/mol. The van der Waals surface area contributed by atoms with Crippen molar-refractivity contribution in [2.24, 2.45) is 29.6 Å². The Bertz CT molecular complexity index is 2150. The molecule has 8 aliphatic carbocycles. The minimum Gasteiger partial charge on any atom is -0.361 e. The first-order chi connectivity index (χ1) is 27.8. The van der Waals surface area contributed by atoms with Gasteiger partial charge in [-0.1, -0.05) is 145 Å². The first kappa shape index (κ1) is 34.7. The van der Waals surface area contributed by atoms with Crippen LogP contribution in [-0.4, -0.2) is 23.0 Å².